The van der Waals surface area contributed by atoms with Gasteiger partial charge in [-0.25, -0.2) is 15.0 Å². The first kappa shape index (κ1) is 24.6. The maximum Gasteiger partial charge on any atom is 0.183 e. The minimum Gasteiger partial charge on any atom is -0.456 e. The fraction of sp³-hybridized carbons (Fsp3) is 0.0244. The summed E-state index contributed by atoms with van der Waals surface area (Å²) in [7, 11) is 0. The fourth-order valence-electron chi connectivity index (χ4n) is 8.79. The van der Waals surface area contributed by atoms with Crippen LogP contribution < -0.4 is 0 Å². The minimum atomic E-state index is -0.465. The van der Waals surface area contributed by atoms with Crippen LogP contribution in [0.1, 0.15) is 22.3 Å². The van der Waals surface area contributed by atoms with E-state index in [9.17, 15) is 0 Å². The summed E-state index contributed by atoms with van der Waals surface area (Å²) < 4.78 is 10.6. The van der Waals surface area contributed by atoms with Gasteiger partial charge in [0.05, 0.1) is 28.5 Å². The third-order valence-corrected chi connectivity index (χ3v) is 10.6. The Balaban J connectivity index is 1.22. The van der Waals surface area contributed by atoms with Crippen molar-refractivity contribution >= 4 is 44.4 Å². The van der Waals surface area contributed by atoms with E-state index in [0.717, 1.165) is 61.3 Å². The van der Waals surface area contributed by atoms with Crippen molar-refractivity contribution in [1.29, 1.82) is 0 Å². The maximum atomic E-state index is 6.11. The van der Waals surface area contributed by atoms with E-state index in [4.69, 9.17) is 19.4 Å². The molecule has 0 atom stereocenters. The summed E-state index contributed by atoms with van der Waals surface area (Å²) in [5, 5.41) is 2.00. The van der Waals surface area contributed by atoms with Crippen LogP contribution in [0.2, 0.25) is 0 Å². The second-order valence-corrected chi connectivity index (χ2v) is 12.7. The molecule has 0 aliphatic heterocycles. The lowest BCUT2D eigenvalue weighted by molar-refractivity contribution is 0.668. The molecule has 0 N–H and O–H groups in total. The molecule has 0 saturated carbocycles. The smallest absolute Gasteiger partial charge is 0.183 e. The largest absolute Gasteiger partial charge is 0.456 e. The van der Waals surface area contributed by atoms with Crippen LogP contribution in [0.3, 0.4) is 0 Å². The third kappa shape index (κ3) is 2.71. The standard InChI is InChI=1S/C41H22N6O/c1-4-10-29-24(7-1)25-8-2-5-11-30(25)41(29)31-12-6-3-9-26(31)37-32(41)20-33-38-45-22-34(47(38)40-39(46(33)37)43-17-18-44-40)23-13-14-35-27(19-23)28-21-42-16-15-36(28)48-35/h1-22H. The highest BCUT2D eigenvalue weighted by molar-refractivity contribution is 6.06. The van der Waals surface area contributed by atoms with E-state index in [1.165, 1.54) is 38.9 Å². The van der Waals surface area contributed by atoms with Crippen LogP contribution >= 0.6 is 0 Å². The number of aromatic nitrogens is 6. The van der Waals surface area contributed by atoms with Crippen molar-refractivity contribution in [2.24, 2.45) is 0 Å². The van der Waals surface area contributed by atoms with E-state index in [-0.39, 0.29) is 0 Å². The van der Waals surface area contributed by atoms with E-state index < -0.39 is 5.41 Å². The van der Waals surface area contributed by atoms with Crippen molar-refractivity contribution in [1.82, 2.24) is 28.7 Å². The van der Waals surface area contributed by atoms with Crippen LogP contribution in [-0.2, 0) is 5.41 Å². The highest BCUT2D eigenvalue weighted by atomic mass is 16.3. The average Bonchev–Trinajstić information content (AvgIpc) is 3.95. The molecule has 0 radical (unpaired) electrons. The van der Waals surface area contributed by atoms with E-state index >= 15 is 0 Å². The Morgan fingerprint density at radius 3 is 1.96 bits per heavy atom. The Morgan fingerprint density at radius 1 is 0.521 bits per heavy atom. The first-order valence-corrected chi connectivity index (χ1v) is 16.0. The maximum absolute atomic E-state index is 6.11. The number of nitrogens with zero attached hydrogens (tertiary/aromatic N) is 6. The number of benzene rings is 4. The molecule has 0 amide bonds. The van der Waals surface area contributed by atoms with Gasteiger partial charge in [0, 0.05) is 46.7 Å². The van der Waals surface area contributed by atoms with Gasteiger partial charge < -0.3 is 4.42 Å². The van der Waals surface area contributed by atoms with Gasteiger partial charge in [-0.1, -0.05) is 72.8 Å². The second kappa shape index (κ2) is 8.40. The van der Waals surface area contributed by atoms with E-state index in [1.54, 1.807) is 18.6 Å². The quantitative estimate of drug-likeness (QED) is 0.185. The van der Waals surface area contributed by atoms with Gasteiger partial charge in [0.25, 0.3) is 0 Å². The Bertz CT molecular complexity index is 2990. The molecule has 0 unspecified atom stereocenters. The number of fused-ring (bicyclic) bond motifs is 20. The SMILES string of the molecule is c1ccc2c(c1)-c1ccccc1C21c2ccccc2-c2c1cc1c3ncc(-c4ccc5oc6ccncc6c5c4)n3c3nccnc3n21. The van der Waals surface area contributed by atoms with Gasteiger partial charge in [-0.15, -0.1) is 0 Å². The van der Waals surface area contributed by atoms with E-state index in [1.807, 2.05) is 24.5 Å². The Hall–Kier alpha value is -6.60. The zero-order chi connectivity index (χ0) is 31.1. The van der Waals surface area contributed by atoms with Crippen LogP contribution in [0.5, 0.6) is 0 Å². The van der Waals surface area contributed by atoms with Crippen molar-refractivity contribution in [2.45, 2.75) is 5.41 Å². The summed E-state index contributed by atoms with van der Waals surface area (Å²) in [6.45, 7) is 0. The van der Waals surface area contributed by atoms with E-state index in [2.05, 4.69) is 105 Å². The summed E-state index contributed by atoms with van der Waals surface area (Å²) >= 11 is 0. The molecule has 7 heteroatoms. The molecule has 1 spiro atoms. The number of hydrogen-bond donors (Lipinski definition) is 0. The van der Waals surface area contributed by atoms with Gasteiger partial charge in [-0.05, 0) is 63.7 Å². The van der Waals surface area contributed by atoms with E-state index in [0.29, 0.717) is 0 Å². The van der Waals surface area contributed by atoms with Crippen LogP contribution in [-0.4, -0.2) is 28.7 Å². The van der Waals surface area contributed by atoms with Crippen LogP contribution in [0.25, 0.3) is 78.0 Å². The van der Waals surface area contributed by atoms with Crippen molar-refractivity contribution in [2.75, 3.05) is 0 Å². The first-order valence-electron chi connectivity index (χ1n) is 16.0. The molecule has 6 heterocycles. The van der Waals surface area contributed by atoms with Crippen LogP contribution in [0.4, 0.5) is 0 Å². The summed E-state index contributed by atoms with van der Waals surface area (Å²) in [5.41, 5.74) is 16.5. The third-order valence-electron chi connectivity index (χ3n) is 10.6. The van der Waals surface area contributed by atoms with Crippen molar-refractivity contribution in [3.63, 3.8) is 0 Å². The molecular formula is C41H22N6O. The molecule has 48 heavy (non-hydrogen) atoms. The lowest BCUT2D eigenvalue weighted by Crippen LogP contribution is -2.25. The predicted molar refractivity (Wildman–Crippen MR) is 186 cm³/mol. The number of rotatable bonds is 1. The number of furan rings is 1. The molecule has 4 aromatic carbocycles. The van der Waals surface area contributed by atoms with Crippen LogP contribution in [0.15, 0.2) is 139 Å². The summed E-state index contributed by atoms with van der Waals surface area (Å²) in [5.74, 6) is 0. The number of pyridine rings is 1. The highest BCUT2D eigenvalue weighted by Crippen LogP contribution is 2.63. The Morgan fingerprint density at radius 2 is 1.19 bits per heavy atom. The van der Waals surface area contributed by atoms with Crippen LogP contribution in [0, 0.1) is 0 Å². The summed E-state index contributed by atoms with van der Waals surface area (Å²) in [6, 6.07) is 37.1. The molecule has 7 nitrogen and oxygen atoms in total. The van der Waals surface area contributed by atoms with Gasteiger partial charge in [0.1, 0.15) is 11.2 Å². The monoisotopic (exact) mass is 614 g/mol. The van der Waals surface area contributed by atoms with Crippen molar-refractivity contribution in [3.8, 4) is 33.6 Å². The topological polar surface area (TPSA) is 73.5 Å². The van der Waals surface area contributed by atoms with Gasteiger partial charge in [-0.3, -0.25) is 13.8 Å². The molecular weight excluding hydrogens is 592 g/mol. The lowest BCUT2D eigenvalue weighted by atomic mass is 9.71. The van der Waals surface area contributed by atoms with Gasteiger partial charge in [-0.2, -0.15) is 0 Å². The van der Waals surface area contributed by atoms with Crippen molar-refractivity contribution < 1.29 is 4.42 Å². The lowest BCUT2D eigenvalue weighted by Gasteiger charge is -2.29. The molecule has 6 aromatic heterocycles. The predicted octanol–water partition coefficient (Wildman–Crippen LogP) is 8.84. The number of hydrogen-bond acceptors (Lipinski definition) is 5. The normalized spacial score (nSPS) is 14.0. The average molecular weight is 615 g/mol. The summed E-state index contributed by atoms with van der Waals surface area (Å²) in [6.07, 6.45) is 9.11. The molecule has 0 fully saturated rings. The first-order chi connectivity index (χ1) is 23.8. The molecule has 12 rings (SSSR count). The molecule has 0 bridgehead atoms. The Labute approximate surface area is 272 Å². The molecule has 222 valence electrons. The minimum absolute atomic E-state index is 0.465. The second-order valence-electron chi connectivity index (χ2n) is 12.7. The van der Waals surface area contributed by atoms with Gasteiger partial charge in [0.2, 0.25) is 0 Å². The zero-order valence-corrected chi connectivity index (χ0v) is 25.3. The molecule has 10 aromatic rings. The molecule has 0 saturated heterocycles. The number of imidazole rings is 1. The molecule has 2 aliphatic rings. The van der Waals surface area contributed by atoms with Crippen molar-refractivity contribution in [3.05, 3.63) is 156 Å². The fourth-order valence-corrected chi connectivity index (χ4v) is 8.79. The van der Waals surface area contributed by atoms with Gasteiger partial charge in [0.15, 0.2) is 16.9 Å². The zero-order valence-electron chi connectivity index (χ0n) is 25.3. The Kier molecular flexibility index (Phi) is 4.31. The highest BCUT2D eigenvalue weighted by Gasteiger charge is 2.53. The summed E-state index contributed by atoms with van der Waals surface area (Å²) in [4.78, 5) is 19.4. The molecule has 2 aliphatic carbocycles. The van der Waals surface area contributed by atoms with Gasteiger partial charge >= 0.3 is 0 Å².